The molecule has 376 valence electrons. The Balaban J connectivity index is 2.18. The van der Waals surface area contributed by atoms with Gasteiger partial charge in [-0.3, -0.25) is 4.79 Å². The van der Waals surface area contributed by atoms with Crippen LogP contribution in [0, 0.1) is 0 Å². The van der Waals surface area contributed by atoms with Crippen LogP contribution in [0.15, 0.2) is 36.5 Å². The molecule has 0 aromatic heterocycles. The second kappa shape index (κ2) is 46.5. The molecule has 0 aromatic carbocycles. The summed E-state index contributed by atoms with van der Waals surface area (Å²) in [6.45, 7) is 4.57. The van der Waals surface area contributed by atoms with Gasteiger partial charge in [-0.15, -0.1) is 0 Å². The van der Waals surface area contributed by atoms with Gasteiger partial charge in [0.1, 0.15) is 30.5 Å². The summed E-state index contributed by atoms with van der Waals surface area (Å²) in [5, 5.41) is 40.3. The second-order valence-corrected chi connectivity index (χ2v) is 18.7. The van der Waals surface area contributed by atoms with Crippen LogP contribution in [0.2, 0.25) is 0 Å². The van der Waals surface area contributed by atoms with Crippen molar-refractivity contribution in [3.8, 4) is 0 Å². The van der Waals surface area contributed by atoms with Crippen LogP contribution in [-0.4, -0.2) is 89.6 Å². The van der Waals surface area contributed by atoms with Crippen molar-refractivity contribution in [2.75, 3.05) is 26.4 Å². The molecule has 0 aromatic rings. The molecule has 9 nitrogen and oxygen atoms in total. The number of unbranched alkanes of at least 4 members (excludes halogenated alkanes) is 30. The summed E-state index contributed by atoms with van der Waals surface area (Å²) in [6, 6.07) is 0. The fraction of sp³-hybridized carbons (Fsp3) is 0.873. The number of ether oxygens (including phenoxy) is 4. The maximum atomic E-state index is 12.8. The van der Waals surface area contributed by atoms with Gasteiger partial charge >= 0.3 is 5.97 Å². The van der Waals surface area contributed by atoms with E-state index in [1.807, 2.05) is 0 Å². The van der Waals surface area contributed by atoms with Gasteiger partial charge in [0, 0.05) is 13.0 Å². The van der Waals surface area contributed by atoms with Gasteiger partial charge in [0.25, 0.3) is 0 Å². The average Bonchev–Trinajstić information content (AvgIpc) is 3.30. The average molecular weight is 907 g/mol. The van der Waals surface area contributed by atoms with E-state index in [4.69, 9.17) is 18.9 Å². The Kier molecular flexibility index (Phi) is 43.9. The number of esters is 1. The molecule has 1 rings (SSSR count). The third-order valence-corrected chi connectivity index (χ3v) is 12.6. The van der Waals surface area contributed by atoms with Crippen molar-refractivity contribution in [1.29, 1.82) is 0 Å². The number of carbonyl (C=O) groups excluding carboxylic acids is 1. The minimum atomic E-state index is -1.54. The maximum absolute atomic E-state index is 12.8. The summed E-state index contributed by atoms with van der Waals surface area (Å²) < 4.78 is 22.9. The highest BCUT2D eigenvalue weighted by Crippen LogP contribution is 2.23. The van der Waals surface area contributed by atoms with Crippen LogP contribution in [0.1, 0.15) is 245 Å². The first kappa shape index (κ1) is 60.4. The van der Waals surface area contributed by atoms with Crippen molar-refractivity contribution < 1.29 is 44.2 Å². The molecule has 0 spiro atoms. The van der Waals surface area contributed by atoms with E-state index in [2.05, 4.69) is 50.3 Å². The molecule has 0 saturated carbocycles. The van der Waals surface area contributed by atoms with Crippen LogP contribution < -0.4 is 0 Å². The lowest BCUT2D eigenvalue weighted by Gasteiger charge is -2.39. The van der Waals surface area contributed by atoms with E-state index >= 15 is 0 Å². The van der Waals surface area contributed by atoms with Crippen LogP contribution in [0.25, 0.3) is 0 Å². The molecule has 1 saturated heterocycles. The predicted octanol–water partition coefficient (Wildman–Crippen LogP) is 13.5. The zero-order valence-corrected chi connectivity index (χ0v) is 41.5. The minimum Gasteiger partial charge on any atom is -0.457 e. The van der Waals surface area contributed by atoms with Gasteiger partial charge in [-0.25, -0.2) is 0 Å². The molecular weight excluding hydrogens is 805 g/mol. The number of hydrogen-bond donors (Lipinski definition) is 4. The van der Waals surface area contributed by atoms with Gasteiger partial charge in [-0.05, 0) is 51.4 Å². The molecule has 1 heterocycles. The van der Waals surface area contributed by atoms with E-state index in [-0.39, 0.29) is 19.2 Å². The van der Waals surface area contributed by atoms with Crippen molar-refractivity contribution >= 4 is 5.97 Å². The number of carbonyl (C=O) groups is 1. The molecule has 64 heavy (non-hydrogen) atoms. The van der Waals surface area contributed by atoms with Crippen LogP contribution in [0.5, 0.6) is 0 Å². The van der Waals surface area contributed by atoms with Crippen LogP contribution in [-0.2, 0) is 23.7 Å². The Hall–Kier alpha value is -1.59. The minimum absolute atomic E-state index is 0.113. The maximum Gasteiger partial charge on any atom is 0.306 e. The molecule has 0 amide bonds. The van der Waals surface area contributed by atoms with E-state index < -0.39 is 43.4 Å². The summed E-state index contributed by atoms with van der Waals surface area (Å²) in [4.78, 5) is 12.8. The zero-order chi connectivity index (χ0) is 46.4. The molecule has 1 fully saturated rings. The lowest BCUT2D eigenvalue weighted by molar-refractivity contribution is -0.305. The van der Waals surface area contributed by atoms with Gasteiger partial charge < -0.3 is 39.4 Å². The zero-order valence-electron chi connectivity index (χ0n) is 41.5. The quantitative estimate of drug-likeness (QED) is 0.0267. The number of rotatable bonds is 47. The Morgan fingerprint density at radius 3 is 1.36 bits per heavy atom. The number of aliphatic hydroxyl groups excluding tert-OH is 4. The summed E-state index contributed by atoms with van der Waals surface area (Å²) in [7, 11) is 0. The van der Waals surface area contributed by atoms with Crippen molar-refractivity contribution in [2.45, 2.75) is 282 Å². The largest absolute Gasteiger partial charge is 0.457 e. The first-order chi connectivity index (χ1) is 31.4. The number of allylic oxidation sites excluding steroid dienone is 6. The highest BCUT2D eigenvalue weighted by atomic mass is 16.7. The van der Waals surface area contributed by atoms with E-state index in [0.717, 1.165) is 44.9 Å². The van der Waals surface area contributed by atoms with Crippen LogP contribution in [0.3, 0.4) is 0 Å². The number of hydrogen-bond acceptors (Lipinski definition) is 9. The van der Waals surface area contributed by atoms with Crippen molar-refractivity contribution in [1.82, 2.24) is 0 Å². The van der Waals surface area contributed by atoms with E-state index in [1.165, 1.54) is 180 Å². The molecule has 6 atom stereocenters. The topological polar surface area (TPSA) is 135 Å². The van der Waals surface area contributed by atoms with Crippen molar-refractivity contribution in [2.24, 2.45) is 0 Å². The lowest BCUT2D eigenvalue weighted by Crippen LogP contribution is -2.59. The first-order valence-electron chi connectivity index (χ1n) is 27.1. The number of aliphatic hydroxyl groups is 4. The summed E-state index contributed by atoms with van der Waals surface area (Å²) >= 11 is 0. The Morgan fingerprint density at radius 1 is 0.500 bits per heavy atom. The third kappa shape index (κ3) is 36.5. The van der Waals surface area contributed by atoms with Crippen molar-refractivity contribution in [3.05, 3.63) is 36.5 Å². The third-order valence-electron chi connectivity index (χ3n) is 12.6. The predicted molar refractivity (Wildman–Crippen MR) is 265 cm³/mol. The Labute approximate surface area is 393 Å². The van der Waals surface area contributed by atoms with E-state index in [1.54, 1.807) is 0 Å². The van der Waals surface area contributed by atoms with Gasteiger partial charge in [-0.1, -0.05) is 224 Å². The fourth-order valence-corrected chi connectivity index (χ4v) is 8.32. The normalized spacial score (nSPS) is 19.8. The highest BCUT2D eigenvalue weighted by molar-refractivity contribution is 5.69. The molecule has 4 N–H and O–H groups in total. The SMILES string of the molecule is CCCCCCC/C=C\C/C=C\C/C=C\CCCCCCCCCCCOCC(COC1OC(CO)C(O)C(O)C1O)OC(=O)CCCCCCCCCCCCCCCCCCC. The smallest absolute Gasteiger partial charge is 0.306 e. The van der Waals surface area contributed by atoms with E-state index in [9.17, 15) is 25.2 Å². The molecule has 1 aliphatic heterocycles. The molecule has 9 heteroatoms. The molecular formula is C55H102O9. The monoisotopic (exact) mass is 907 g/mol. The fourth-order valence-electron chi connectivity index (χ4n) is 8.32. The molecule has 6 unspecified atom stereocenters. The molecule has 0 bridgehead atoms. The van der Waals surface area contributed by atoms with Crippen LogP contribution in [0.4, 0.5) is 0 Å². The molecule has 0 radical (unpaired) electrons. The summed E-state index contributed by atoms with van der Waals surface area (Å²) in [6.07, 6.45) is 50.4. The molecule has 0 aliphatic carbocycles. The standard InChI is InChI=1S/C55H102O9/c1-3-5-7-9-11-13-15-17-19-21-22-23-24-25-26-27-29-31-33-35-37-39-41-43-45-61-47-49(48-62-55-54(60)53(59)52(58)50(46-56)64-55)63-51(57)44-42-40-38-36-34-32-30-28-20-18-16-14-12-10-8-6-4-2/h15,17,21-22,24-25,49-50,52-56,58-60H,3-14,16,18-20,23,26-48H2,1-2H3/b17-15-,22-21-,25-24-. The summed E-state index contributed by atoms with van der Waals surface area (Å²) in [5.74, 6) is -0.311. The van der Waals surface area contributed by atoms with Crippen LogP contribution >= 0.6 is 0 Å². The highest BCUT2D eigenvalue weighted by Gasteiger charge is 2.44. The van der Waals surface area contributed by atoms with Gasteiger partial charge in [0.05, 0.1) is 19.8 Å². The van der Waals surface area contributed by atoms with Gasteiger partial charge in [0.2, 0.25) is 0 Å². The van der Waals surface area contributed by atoms with E-state index in [0.29, 0.717) is 13.0 Å². The summed E-state index contributed by atoms with van der Waals surface area (Å²) in [5.41, 5.74) is 0. The Morgan fingerprint density at radius 2 is 0.906 bits per heavy atom. The Bertz CT molecular complexity index is 1080. The second-order valence-electron chi connectivity index (χ2n) is 18.7. The van der Waals surface area contributed by atoms with Crippen molar-refractivity contribution in [3.63, 3.8) is 0 Å². The lowest BCUT2D eigenvalue weighted by atomic mass is 9.99. The molecule has 1 aliphatic rings. The van der Waals surface area contributed by atoms with Gasteiger partial charge in [-0.2, -0.15) is 0 Å². The first-order valence-corrected chi connectivity index (χ1v) is 27.1. The van der Waals surface area contributed by atoms with Gasteiger partial charge in [0.15, 0.2) is 6.29 Å².